The first kappa shape index (κ1) is 13.5. The number of hydrogen-bond acceptors (Lipinski definition) is 2. The van der Waals surface area contributed by atoms with Gasteiger partial charge < -0.3 is 10.1 Å². The monoisotopic (exact) mass is 287 g/mol. The summed E-state index contributed by atoms with van der Waals surface area (Å²) in [7, 11) is 0. The second kappa shape index (κ2) is 5.86. The van der Waals surface area contributed by atoms with Gasteiger partial charge in [0.15, 0.2) is 0 Å². The smallest absolute Gasteiger partial charge is 0.0586 e. The van der Waals surface area contributed by atoms with Crippen LogP contribution in [0.5, 0.6) is 0 Å². The average molecular weight is 288 g/mol. The van der Waals surface area contributed by atoms with Crippen LogP contribution in [0, 0.1) is 0 Å². The topological polar surface area (TPSA) is 21.3 Å². The lowest BCUT2D eigenvalue weighted by Gasteiger charge is -2.42. The van der Waals surface area contributed by atoms with Crippen molar-refractivity contribution in [3.63, 3.8) is 0 Å². The van der Waals surface area contributed by atoms with Gasteiger partial charge >= 0.3 is 0 Å². The summed E-state index contributed by atoms with van der Waals surface area (Å²) in [6.07, 6.45) is 1.07. The Morgan fingerprint density at radius 1 is 1.00 bits per heavy atom. The standard InChI is InChI=1S/C17H18ClNO/c18-15-6-8-16(9-7-15)19-11-10-17(12-20-13-17)14-4-2-1-3-5-14/h1-9,19H,10-13H2. The molecule has 1 fully saturated rings. The van der Waals surface area contributed by atoms with Crippen LogP contribution in [0.1, 0.15) is 12.0 Å². The SMILES string of the molecule is Clc1ccc(NCCC2(c3ccccc3)COC2)cc1. The Hall–Kier alpha value is -1.51. The number of hydrogen-bond donors (Lipinski definition) is 1. The molecule has 1 N–H and O–H groups in total. The first-order valence-electron chi connectivity index (χ1n) is 6.91. The molecule has 0 bridgehead atoms. The molecule has 1 heterocycles. The van der Waals surface area contributed by atoms with E-state index in [-0.39, 0.29) is 5.41 Å². The summed E-state index contributed by atoms with van der Waals surface area (Å²) in [4.78, 5) is 0. The number of ether oxygens (including phenoxy) is 1. The van der Waals surface area contributed by atoms with Gasteiger partial charge in [0.1, 0.15) is 0 Å². The molecule has 104 valence electrons. The number of nitrogens with one attached hydrogen (secondary N) is 1. The molecule has 0 amide bonds. The fourth-order valence-corrected chi connectivity index (χ4v) is 2.74. The van der Waals surface area contributed by atoms with Crippen molar-refractivity contribution in [1.82, 2.24) is 0 Å². The van der Waals surface area contributed by atoms with Crippen molar-refractivity contribution >= 4 is 17.3 Å². The minimum Gasteiger partial charge on any atom is -0.385 e. The summed E-state index contributed by atoms with van der Waals surface area (Å²) < 4.78 is 5.47. The number of anilines is 1. The first-order chi connectivity index (χ1) is 9.78. The summed E-state index contributed by atoms with van der Waals surface area (Å²) in [6.45, 7) is 2.57. The van der Waals surface area contributed by atoms with Gasteiger partial charge in [0.05, 0.1) is 13.2 Å². The highest BCUT2D eigenvalue weighted by Gasteiger charge is 2.39. The van der Waals surface area contributed by atoms with E-state index >= 15 is 0 Å². The maximum Gasteiger partial charge on any atom is 0.0586 e. The highest BCUT2D eigenvalue weighted by atomic mass is 35.5. The molecule has 1 saturated heterocycles. The predicted molar refractivity (Wildman–Crippen MR) is 83.5 cm³/mol. The average Bonchev–Trinajstić information content (AvgIpc) is 2.45. The molecular formula is C17H18ClNO. The fourth-order valence-electron chi connectivity index (χ4n) is 2.61. The second-order valence-corrected chi connectivity index (χ2v) is 5.76. The second-order valence-electron chi connectivity index (χ2n) is 5.32. The van der Waals surface area contributed by atoms with Crippen molar-refractivity contribution in [1.29, 1.82) is 0 Å². The van der Waals surface area contributed by atoms with Gasteiger partial charge in [-0.3, -0.25) is 0 Å². The van der Waals surface area contributed by atoms with Crippen molar-refractivity contribution in [3.8, 4) is 0 Å². The first-order valence-corrected chi connectivity index (χ1v) is 7.29. The van der Waals surface area contributed by atoms with Gasteiger partial charge in [-0.05, 0) is 36.2 Å². The molecule has 0 atom stereocenters. The van der Waals surface area contributed by atoms with Crippen LogP contribution >= 0.6 is 11.6 Å². The van der Waals surface area contributed by atoms with E-state index in [0.29, 0.717) is 0 Å². The molecule has 0 aromatic heterocycles. The van der Waals surface area contributed by atoms with Crippen molar-refractivity contribution in [3.05, 3.63) is 65.2 Å². The van der Waals surface area contributed by atoms with E-state index < -0.39 is 0 Å². The van der Waals surface area contributed by atoms with Crippen LogP contribution in [0.4, 0.5) is 5.69 Å². The van der Waals surface area contributed by atoms with E-state index in [2.05, 4.69) is 35.6 Å². The summed E-state index contributed by atoms with van der Waals surface area (Å²) in [5.74, 6) is 0. The summed E-state index contributed by atoms with van der Waals surface area (Å²) in [5.41, 5.74) is 2.67. The molecule has 1 aliphatic heterocycles. The van der Waals surface area contributed by atoms with Gasteiger partial charge in [0.2, 0.25) is 0 Å². The molecule has 20 heavy (non-hydrogen) atoms. The van der Waals surface area contributed by atoms with Crippen molar-refractivity contribution < 1.29 is 4.74 Å². The zero-order valence-electron chi connectivity index (χ0n) is 11.3. The van der Waals surface area contributed by atoms with Gasteiger partial charge in [-0.2, -0.15) is 0 Å². The zero-order chi connectivity index (χ0) is 13.8. The summed E-state index contributed by atoms with van der Waals surface area (Å²) in [5, 5.41) is 4.22. The van der Waals surface area contributed by atoms with Crippen LogP contribution in [-0.2, 0) is 10.2 Å². The maximum atomic E-state index is 5.89. The molecule has 0 unspecified atom stereocenters. The molecule has 3 heteroatoms. The molecule has 2 aromatic carbocycles. The van der Waals surface area contributed by atoms with E-state index in [1.807, 2.05) is 24.3 Å². The van der Waals surface area contributed by atoms with Gasteiger partial charge in [-0.15, -0.1) is 0 Å². The summed E-state index contributed by atoms with van der Waals surface area (Å²) in [6, 6.07) is 18.5. The molecule has 0 saturated carbocycles. The highest BCUT2D eigenvalue weighted by Crippen LogP contribution is 2.35. The van der Waals surface area contributed by atoms with Crippen LogP contribution in [0.25, 0.3) is 0 Å². The fraction of sp³-hybridized carbons (Fsp3) is 0.294. The van der Waals surface area contributed by atoms with E-state index in [1.54, 1.807) is 0 Å². The third-order valence-corrected chi connectivity index (χ3v) is 4.17. The molecule has 2 aromatic rings. The van der Waals surface area contributed by atoms with Crippen LogP contribution in [0.3, 0.4) is 0 Å². The lowest BCUT2D eigenvalue weighted by atomic mass is 9.76. The van der Waals surface area contributed by atoms with Gasteiger partial charge in [0.25, 0.3) is 0 Å². The van der Waals surface area contributed by atoms with Gasteiger partial charge in [-0.1, -0.05) is 41.9 Å². The van der Waals surface area contributed by atoms with E-state index in [9.17, 15) is 0 Å². The van der Waals surface area contributed by atoms with E-state index in [4.69, 9.17) is 16.3 Å². The molecule has 0 radical (unpaired) electrons. The molecule has 3 rings (SSSR count). The highest BCUT2D eigenvalue weighted by molar-refractivity contribution is 6.30. The largest absolute Gasteiger partial charge is 0.385 e. The maximum absolute atomic E-state index is 5.89. The lowest BCUT2D eigenvalue weighted by Crippen LogP contribution is -2.47. The van der Waals surface area contributed by atoms with Gasteiger partial charge in [-0.25, -0.2) is 0 Å². The Bertz CT molecular complexity index is 549. The number of halogens is 1. The third kappa shape index (κ3) is 2.82. The Morgan fingerprint density at radius 2 is 1.70 bits per heavy atom. The molecule has 0 aliphatic carbocycles. The number of rotatable bonds is 5. The van der Waals surface area contributed by atoms with Gasteiger partial charge in [0, 0.05) is 22.7 Å². The molecular weight excluding hydrogens is 270 g/mol. The van der Waals surface area contributed by atoms with E-state index in [0.717, 1.165) is 36.9 Å². The van der Waals surface area contributed by atoms with Crippen LogP contribution in [0.2, 0.25) is 5.02 Å². The Kier molecular flexibility index (Phi) is 3.95. The Morgan fingerprint density at radius 3 is 2.30 bits per heavy atom. The van der Waals surface area contributed by atoms with Crippen LogP contribution in [0.15, 0.2) is 54.6 Å². The third-order valence-electron chi connectivity index (χ3n) is 3.92. The quantitative estimate of drug-likeness (QED) is 0.893. The lowest BCUT2D eigenvalue weighted by molar-refractivity contribution is -0.0626. The van der Waals surface area contributed by atoms with Crippen molar-refractivity contribution in [2.24, 2.45) is 0 Å². The summed E-state index contributed by atoms with van der Waals surface area (Å²) >= 11 is 5.89. The number of benzene rings is 2. The van der Waals surface area contributed by atoms with Crippen LogP contribution < -0.4 is 5.32 Å². The van der Waals surface area contributed by atoms with Crippen LogP contribution in [-0.4, -0.2) is 19.8 Å². The predicted octanol–water partition coefficient (Wildman–Crippen LogP) is 4.11. The van der Waals surface area contributed by atoms with E-state index in [1.165, 1.54) is 5.56 Å². The normalized spacial score (nSPS) is 16.4. The van der Waals surface area contributed by atoms with Crippen molar-refractivity contribution in [2.45, 2.75) is 11.8 Å². The minimum absolute atomic E-state index is 0.181. The Balaban J connectivity index is 1.60. The minimum atomic E-state index is 0.181. The molecule has 2 nitrogen and oxygen atoms in total. The van der Waals surface area contributed by atoms with Crippen molar-refractivity contribution in [2.75, 3.05) is 25.1 Å². The molecule has 0 spiro atoms. The Labute approximate surface area is 124 Å². The zero-order valence-corrected chi connectivity index (χ0v) is 12.1. The molecule has 1 aliphatic rings.